The standard InChI is InChI=1S/C12H17FN2O4/c1-3-4-14-5-6-19-11-8-12(18-2)10(15(16)17)7-9(11)13/h7-8,14H,3-6H2,1-2H3. The lowest BCUT2D eigenvalue weighted by Crippen LogP contribution is -2.21. The molecule has 19 heavy (non-hydrogen) atoms. The largest absolute Gasteiger partial charge is 0.490 e. The predicted molar refractivity (Wildman–Crippen MR) is 68.3 cm³/mol. The highest BCUT2D eigenvalue weighted by Gasteiger charge is 2.19. The number of halogens is 1. The van der Waals surface area contributed by atoms with E-state index in [1.807, 2.05) is 6.92 Å². The number of nitrogens with one attached hydrogen (secondary N) is 1. The second kappa shape index (κ2) is 7.52. The van der Waals surface area contributed by atoms with E-state index in [2.05, 4.69) is 5.32 Å². The first kappa shape index (κ1) is 15.2. The van der Waals surface area contributed by atoms with Crippen LogP contribution in [0.4, 0.5) is 10.1 Å². The van der Waals surface area contributed by atoms with Crippen molar-refractivity contribution in [2.75, 3.05) is 26.8 Å². The van der Waals surface area contributed by atoms with Crippen LogP contribution in [0.2, 0.25) is 0 Å². The average molecular weight is 272 g/mol. The molecule has 1 aromatic rings. The van der Waals surface area contributed by atoms with Gasteiger partial charge in [0.15, 0.2) is 11.6 Å². The van der Waals surface area contributed by atoms with E-state index in [4.69, 9.17) is 9.47 Å². The summed E-state index contributed by atoms with van der Waals surface area (Å²) in [5.74, 6) is -0.855. The van der Waals surface area contributed by atoms with E-state index in [-0.39, 0.29) is 18.1 Å². The number of benzene rings is 1. The molecule has 0 bridgehead atoms. The Balaban J connectivity index is 2.71. The van der Waals surface area contributed by atoms with Crippen molar-refractivity contribution < 1.29 is 18.8 Å². The minimum atomic E-state index is -0.775. The molecule has 0 spiro atoms. The summed E-state index contributed by atoms with van der Waals surface area (Å²) in [6.07, 6.45) is 1.000. The number of nitrogens with zero attached hydrogens (tertiary/aromatic N) is 1. The number of nitro benzene ring substituents is 1. The topological polar surface area (TPSA) is 73.6 Å². The van der Waals surface area contributed by atoms with E-state index in [0.717, 1.165) is 19.0 Å². The van der Waals surface area contributed by atoms with Crippen molar-refractivity contribution in [3.05, 3.63) is 28.1 Å². The van der Waals surface area contributed by atoms with Gasteiger partial charge in [0.05, 0.1) is 18.1 Å². The second-order valence-electron chi connectivity index (χ2n) is 3.81. The van der Waals surface area contributed by atoms with E-state index in [9.17, 15) is 14.5 Å². The lowest BCUT2D eigenvalue weighted by molar-refractivity contribution is -0.386. The van der Waals surface area contributed by atoms with Crippen molar-refractivity contribution in [3.8, 4) is 11.5 Å². The van der Waals surface area contributed by atoms with E-state index >= 15 is 0 Å². The van der Waals surface area contributed by atoms with Gasteiger partial charge in [0.25, 0.3) is 0 Å². The summed E-state index contributed by atoms with van der Waals surface area (Å²) in [5, 5.41) is 13.8. The van der Waals surface area contributed by atoms with Crippen molar-refractivity contribution in [2.45, 2.75) is 13.3 Å². The third-order valence-corrected chi connectivity index (χ3v) is 2.39. The molecular weight excluding hydrogens is 255 g/mol. The first-order valence-electron chi connectivity index (χ1n) is 5.95. The third kappa shape index (κ3) is 4.36. The van der Waals surface area contributed by atoms with Gasteiger partial charge in [-0.1, -0.05) is 6.92 Å². The minimum absolute atomic E-state index is 0.0251. The lowest BCUT2D eigenvalue weighted by atomic mass is 10.2. The van der Waals surface area contributed by atoms with Gasteiger partial charge >= 0.3 is 5.69 Å². The van der Waals surface area contributed by atoms with Crippen LogP contribution in [0.15, 0.2) is 12.1 Å². The molecule has 0 aliphatic heterocycles. The van der Waals surface area contributed by atoms with Gasteiger partial charge in [-0.25, -0.2) is 4.39 Å². The summed E-state index contributed by atoms with van der Waals surface area (Å²) >= 11 is 0. The normalized spacial score (nSPS) is 10.3. The molecule has 0 heterocycles. The van der Waals surface area contributed by atoms with Gasteiger partial charge in [-0.2, -0.15) is 0 Å². The molecule has 0 amide bonds. The van der Waals surface area contributed by atoms with Crippen molar-refractivity contribution in [2.24, 2.45) is 0 Å². The molecule has 6 nitrogen and oxygen atoms in total. The summed E-state index contributed by atoms with van der Waals surface area (Å²) in [4.78, 5) is 9.98. The van der Waals surface area contributed by atoms with Crippen LogP contribution in [0.5, 0.6) is 11.5 Å². The zero-order valence-electron chi connectivity index (χ0n) is 10.9. The number of methoxy groups -OCH3 is 1. The van der Waals surface area contributed by atoms with Crippen molar-refractivity contribution in [1.29, 1.82) is 0 Å². The molecule has 0 unspecified atom stereocenters. The summed E-state index contributed by atoms with van der Waals surface area (Å²) in [6, 6.07) is 1.99. The monoisotopic (exact) mass is 272 g/mol. The van der Waals surface area contributed by atoms with E-state index < -0.39 is 16.4 Å². The molecule has 1 rings (SSSR count). The Morgan fingerprint density at radius 1 is 1.37 bits per heavy atom. The maximum Gasteiger partial charge on any atom is 0.314 e. The molecule has 0 fully saturated rings. The minimum Gasteiger partial charge on any atom is -0.490 e. The van der Waals surface area contributed by atoms with Crippen LogP contribution < -0.4 is 14.8 Å². The Morgan fingerprint density at radius 3 is 2.68 bits per heavy atom. The molecule has 1 N–H and O–H groups in total. The SMILES string of the molecule is CCCNCCOc1cc(OC)c([N+](=O)[O-])cc1F. The molecular formula is C12H17FN2O4. The quantitative estimate of drug-likeness (QED) is 0.446. The molecule has 0 aliphatic carbocycles. The highest BCUT2D eigenvalue weighted by atomic mass is 19.1. The molecule has 0 aliphatic rings. The van der Waals surface area contributed by atoms with Gasteiger partial charge < -0.3 is 14.8 Å². The zero-order valence-corrected chi connectivity index (χ0v) is 10.9. The third-order valence-electron chi connectivity index (χ3n) is 2.39. The van der Waals surface area contributed by atoms with Gasteiger partial charge in [-0.05, 0) is 13.0 Å². The van der Waals surface area contributed by atoms with Gasteiger partial charge in [0, 0.05) is 12.6 Å². The number of hydrogen-bond donors (Lipinski definition) is 1. The van der Waals surface area contributed by atoms with Crippen LogP contribution in [-0.4, -0.2) is 31.7 Å². The highest BCUT2D eigenvalue weighted by Crippen LogP contribution is 2.33. The first-order valence-corrected chi connectivity index (χ1v) is 5.95. The molecule has 0 atom stereocenters. The summed E-state index contributed by atoms with van der Waals surface area (Å²) in [5.41, 5.74) is -0.420. The fraction of sp³-hybridized carbons (Fsp3) is 0.500. The fourth-order valence-electron chi connectivity index (χ4n) is 1.48. The van der Waals surface area contributed by atoms with E-state index in [0.29, 0.717) is 6.54 Å². The summed E-state index contributed by atoms with van der Waals surface area (Å²) in [6.45, 7) is 3.74. The first-order chi connectivity index (χ1) is 9.10. The Kier molecular flexibility index (Phi) is 6.01. The number of rotatable bonds is 8. The molecule has 0 radical (unpaired) electrons. The highest BCUT2D eigenvalue weighted by molar-refractivity contribution is 5.51. The molecule has 106 valence electrons. The van der Waals surface area contributed by atoms with E-state index in [1.165, 1.54) is 13.2 Å². The zero-order chi connectivity index (χ0) is 14.3. The molecule has 7 heteroatoms. The van der Waals surface area contributed by atoms with Crippen molar-refractivity contribution in [1.82, 2.24) is 5.32 Å². The van der Waals surface area contributed by atoms with Crippen LogP contribution in [0.25, 0.3) is 0 Å². The fourth-order valence-corrected chi connectivity index (χ4v) is 1.48. The molecule has 0 saturated heterocycles. The second-order valence-corrected chi connectivity index (χ2v) is 3.81. The number of hydrogen-bond acceptors (Lipinski definition) is 5. The Morgan fingerprint density at radius 2 is 2.11 bits per heavy atom. The van der Waals surface area contributed by atoms with Crippen LogP contribution in [0, 0.1) is 15.9 Å². The van der Waals surface area contributed by atoms with Crippen LogP contribution in [0.3, 0.4) is 0 Å². The van der Waals surface area contributed by atoms with Crippen molar-refractivity contribution >= 4 is 5.69 Å². The van der Waals surface area contributed by atoms with Crippen molar-refractivity contribution in [3.63, 3.8) is 0 Å². The molecule has 0 aromatic heterocycles. The van der Waals surface area contributed by atoms with E-state index in [1.54, 1.807) is 0 Å². The molecule has 0 saturated carbocycles. The van der Waals surface area contributed by atoms with Crippen LogP contribution in [0.1, 0.15) is 13.3 Å². The van der Waals surface area contributed by atoms with Gasteiger partial charge in [-0.3, -0.25) is 10.1 Å². The average Bonchev–Trinajstić information content (AvgIpc) is 2.39. The van der Waals surface area contributed by atoms with Crippen LogP contribution in [-0.2, 0) is 0 Å². The Bertz CT molecular complexity index is 440. The maximum absolute atomic E-state index is 13.6. The maximum atomic E-state index is 13.6. The predicted octanol–water partition coefficient (Wildman–Crippen LogP) is 2.12. The number of ether oxygens (including phenoxy) is 2. The van der Waals surface area contributed by atoms with Gasteiger partial charge in [-0.15, -0.1) is 0 Å². The number of nitro groups is 1. The Hall–Kier alpha value is -1.89. The summed E-state index contributed by atoms with van der Waals surface area (Å²) < 4.78 is 23.7. The van der Waals surface area contributed by atoms with Crippen LogP contribution >= 0.6 is 0 Å². The van der Waals surface area contributed by atoms with Gasteiger partial charge in [0.1, 0.15) is 6.61 Å². The lowest BCUT2D eigenvalue weighted by Gasteiger charge is -2.09. The summed E-state index contributed by atoms with van der Waals surface area (Å²) in [7, 11) is 1.28. The smallest absolute Gasteiger partial charge is 0.314 e. The van der Waals surface area contributed by atoms with Gasteiger partial charge in [0.2, 0.25) is 5.75 Å². The molecule has 1 aromatic carbocycles. The Labute approximate surface area is 110 Å².